The molecule has 52 heavy (non-hydrogen) atoms. The molecule has 0 aromatic heterocycles. The minimum atomic E-state index is -2.42. The Morgan fingerprint density at radius 2 is 0.827 bits per heavy atom. The van der Waals surface area contributed by atoms with Crippen molar-refractivity contribution in [1.29, 1.82) is 0 Å². The topological polar surface area (TPSA) is 141 Å². The van der Waals surface area contributed by atoms with Gasteiger partial charge in [-0.1, -0.05) is 91.0 Å². The monoisotopic (exact) mass is 700 g/mol. The fourth-order valence-electron chi connectivity index (χ4n) is 5.44. The quantitative estimate of drug-likeness (QED) is 0.110. The summed E-state index contributed by atoms with van der Waals surface area (Å²) in [5.74, 6) is -6.65. The molecule has 1 saturated heterocycles. The molecule has 0 N–H and O–H groups in total. The third kappa shape index (κ3) is 8.40. The zero-order valence-corrected chi connectivity index (χ0v) is 27.6. The van der Waals surface area contributed by atoms with Crippen LogP contribution in [0.5, 0.6) is 0 Å². The van der Waals surface area contributed by atoms with E-state index in [2.05, 4.69) is 0 Å². The highest BCUT2D eigenvalue weighted by molar-refractivity contribution is 5.92. The number of hydrogen-bond donors (Lipinski definition) is 0. The molecule has 4 unspecified atom stereocenters. The molecule has 11 heteroatoms. The van der Waals surface area contributed by atoms with E-state index in [0.29, 0.717) is 0 Å². The van der Waals surface area contributed by atoms with Crippen LogP contribution in [0.25, 0.3) is 0 Å². The van der Waals surface area contributed by atoms with Crippen LogP contribution in [0.2, 0.25) is 0 Å². The third-order valence-electron chi connectivity index (χ3n) is 8.02. The number of carbonyl (C=O) groups excluding carboxylic acids is 5. The van der Waals surface area contributed by atoms with E-state index < -0.39 is 67.2 Å². The lowest BCUT2D eigenvalue weighted by atomic mass is 10.0. The Balaban J connectivity index is 1.42. The van der Waals surface area contributed by atoms with Crippen molar-refractivity contribution in [2.45, 2.75) is 24.1 Å². The van der Waals surface area contributed by atoms with Crippen molar-refractivity contribution in [3.63, 3.8) is 0 Å². The van der Waals surface area contributed by atoms with Crippen LogP contribution in [-0.4, -0.2) is 67.2 Å². The van der Waals surface area contributed by atoms with Crippen molar-refractivity contribution in [3.8, 4) is 0 Å². The van der Waals surface area contributed by atoms with Gasteiger partial charge in [-0.15, -0.1) is 0 Å². The highest BCUT2D eigenvalue weighted by Crippen LogP contribution is 2.39. The maximum Gasteiger partial charge on any atom is 0.340 e. The molecule has 1 fully saturated rings. The third-order valence-corrected chi connectivity index (χ3v) is 8.02. The lowest BCUT2D eigenvalue weighted by molar-refractivity contribution is -0.246. The SMILES string of the molecule is O=C(OCC1OC(COC(=O)c2ccccc2)(OC(=O)c2ccccc2)C(OC(=O)c2ccccc2)C1OC(=O)c1ccccc1)c1ccccc1. The van der Waals surface area contributed by atoms with Gasteiger partial charge in [0.05, 0.1) is 27.8 Å². The molecule has 0 amide bonds. The minimum Gasteiger partial charge on any atom is -0.459 e. The summed E-state index contributed by atoms with van der Waals surface area (Å²) < 4.78 is 35.6. The molecular weight excluding hydrogens is 668 g/mol. The molecule has 1 heterocycles. The summed E-state index contributed by atoms with van der Waals surface area (Å²) in [5, 5.41) is 0. The first-order chi connectivity index (χ1) is 25.3. The van der Waals surface area contributed by atoms with E-state index in [1.165, 1.54) is 48.5 Å². The second-order valence-electron chi connectivity index (χ2n) is 11.6. The summed E-state index contributed by atoms with van der Waals surface area (Å²) in [7, 11) is 0. The van der Waals surface area contributed by atoms with Crippen molar-refractivity contribution in [1.82, 2.24) is 0 Å². The van der Waals surface area contributed by atoms with E-state index in [4.69, 9.17) is 28.4 Å². The summed E-state index contributed by atoms with van der Waals surface area (Å²) in [5.41, 5.74) is 0.737. The number of esters is 5. The Morgan fingerprint density at radius 1 is 0.462 bits per heavy atom. The van der Waals surface area contributed by atoms with Crippen molar-refractivity contribution in [2.75, 3.05) is 13.2 Å². The van der Waals surface area contributed by atoms with E-state index in [0.717, 1.165) is 0 Å². The fraction of sp³-hybridized carbons (Fsp3) is 0.146. The fourth-order valence-corrected chi connectivity index (χ4v) is 5.44. The van der Waals surface area contributed by atoms with Crippen LogP contribution in [0.15, 0.2) is 152 Å². The molecule has 5 aromatic carbocycles. The lowest BCUT2D eigenvalue weighted by Crippen LogP contribution is -2.53. The standard InChI is InChI=1S/C41H32O11/c42-36(28-16-6-1-7-17-28)47-26-33-34(49-38(44)30-20-10-3-11-21-30)35(50-39(45)31-22-12-4-13-23-31)41(51-33,52-40(46)32-24-14-5-15-25-32)27-48-37(43)29-18-8-2-9-19-29/h1-25,33-35H,26-27H2. The van der Waals surface area contributed by atoms with Gasteiger partial charge in [-0.2, -0.15) is 0 Å². The lowest BCUT2D eigenvalue weighted by Gasteiger charge is -2.33. The maximum absolute atomic E-state index is 13.8. The van der Waals surface area contributed by atoms with E-state index in [9.17, 15) is 24.0 Å². The maximum atomic E-state index is 13.8. The predicted molar refractivity (Wildman–Crippen MR) is 184 cm³/mol. The Labute approximate surface area is 298 Å². The average molecular weight is 701 g/mol. The summed E-state index contributed by atoms with van der Waals surface area (Å²) >= 11 is 0. The highest BCUT2D eigenvalue weighted by atomic mass is 16.8. The van der Waals surface area contributed by atoms with E-state index in [-0.39, 0.29) is 27.8 Å². The van der Waals surface area contributed by atoms with Gasteiger partial charge in [0, 0.05) is 0 Å². The Morgan fingerprint density at radius 3 is 1.27 bits per heavy atom. The Kier molecular flexibility index (Phi) is 11.1. The molecule has 6 rings (SSSR count). The zero-order valence-electron chi connectivity index (χ0n) is 27.6. The summed E-state index contributed by atoms with van der Waals surface area (Å²) in [6.45, 7) is -1.38. The molecular formula is C41H32O11. The van der Waals surface area contributed by atoms with E-state index in [1.54, 1.807) is 103 Å². The van der Waals surface area contributed by atoms with Crippen molar-refractivity contribution < 1.29 is 52.4 Å². The van der Waals surface area contributed by atoms with Crippen LogP contribution in [0, 0.1) is 0 Å². The molecule has 0 aliphatic carbocycles. The molecule has 11 nitrogen and oxygen atoms in total. The van der Waals surface area contributed by atoms with Gasteiger partial charge in [-0.05, 0) is 60.7 Å². The summed E-state index contributed by atoms with van der Waals surface area (Å²) in [6, 6.07) is 39.9. The Hall–Kier alpha value is -6.59. The predicted octanol–water partition coefficient (Wildman–Crippen LogP) is 6.10. The minimum absolute atomic E-state index is 0.0878. The largest absolute Gasteiger partial charge is 0.459 e. The second kappa shape index (κ2) is 16.4. The molecule has 0 spiro atoms. The number of carbonyl (C=O) groups is 5. The van der Waals surface area contributed by atoms with Crippen LogP contribution in [0.4, 0.5) is 0 Å². The molecule has 0 radical (unpaired) electrons. The average Bonchev–Trinajstić information content (AvgIpc) is 3.47. The van der Waals surface area contributed by atoms with Gasteiger partial charge in [0.15, 0.2) is 12.7 Å². The van der Waals surface area contributed by atoms with Gasteiger partial charge in [0.1, 0.15) is 12.7 Å². The van der Waals surface area contributed by atoms with Gasteiger partial charge >= 0.3 is 29.8 Å². The van der Waals surface area contributed by atoms with Crippen LogP contribution in [0.1, 0.15) is 51.8 Å². The summed E-state index contributed by atoms with van der Waals surface area (Å²) in [6.07, 6.45) is -4.74. The van der Waals surface area contributed by atoms with Crippen LogP contribution in [0.3, 0.4) is 0 Å². The zero-order chi connectivity index (χ0) is 36.3. The normalized spacial score (nSPS) is 19.1. The first-order valence-corrected chi connectivity index (χ1v) is 16.3. The number of benzene rings is 5. The molecule has 0 bridgehead atoms. The van der Waals surface area contributed by atoms with Gasteiger partial charge in [0.2, 0.25) is 6.10 Å². The molecule has 1 aliphatic rings. The Bertz CT molecular complexity index is 1990. The number of hydrogen-bond acceptors (Lipinski definition) is 11. The second-order valence-corrected chi connectivity index (χ2v) is 11.6. The van der Waals surface area contributed by atoms with Crippen molar-refractivity contribution >= 4 is 29.8 Å². The van der Waals surface area contributed by atoms with Crippen LogP contribution in [-0.2, 0) is 28.4 Å². The van der Waals surface area contributed by atoms with E-state index in [1.807, 2.05) is 0 Å². The van der Waals surface area contributed by atoms with Crippen LogP contribution < -0.4 is 0 Å². The van der Waals surface area contributed by atoms with Gasteiger partial charge in [0.25, 0.3) is 5.79 Å². The van der Waals surface area contributed by atoms with Gasteiger partial charge < -0.3 is 28.4 Å². The van der Waals surface area contributed by atoms with Gasteiger partial charge in [-0.25, -0.2) is 24.0 Å². The van der Waals surface area contributed by atoms with Gasteiger partial charge in [-0.3, -0.25) is 0 Å². The molecule has 0 saturated carbocycles. The smallest absolute Gasteiger partial charge is 0.340 e. The van der Waals surface area contributed by atoms with Crippen molar-refractivity contribution in [2.24, 2.45) is 0 Å². The molecule has 4 atom stereocenters. The van der Waals surface area contributed by atoms with E-state index >= 15 is 0 Å². The highest BCUT2D eigenvalue weighted by Gasteiger charge is 2.64. The molecule has 1 aliphatic heterocycles. The number of rotatable bonds is 12. The first-order valence-electron chi connectivity index (χ1n) is 16.3. The summed E-state index contributed by atoms with van der Waals surface area (Å²) in [4.78, 5) is 67.4. The number of ether oxygens (including phenoxy) is 6. The first kappa shape index (κ1) is 35.2. The van der Waals surface area contributed by atoms with Crippen molar-refractivity contribution in [3.05, 3.63) is 179 Å². The van der Waals surface area contributed by atoms with Crippen LogP contribution >= 0.6 is 0 Å². The molecule has 5 aromatic rings. The molecule has 262 valence electrons.